The number of ether oxygens (including phenoxy) is 1. The number of nitrogens with zero attached hydrogens (tertiary/aromatic N) is 1. The number of esters is 1. The van der Waals surface area contributed by atoms with Gasteiger partial charge in [0.1, 0.15) is 0 Å². The Kier molecular flexibility index (Phi) is 6.29. The maximum absolute atomic E-state index is 12.6. The van der Waals surface area contributed by atoms with Crippen LogP contribution in [0.2, 0.25) is 0 Å². The summed E-state index contributed by atoms with van der Waals surface area (Å²) in [6.07, 6.45) is 0.979. The largest absolute Gasteiger partial charge is 0.466 e. The van der Waals surface area contributed by atoms with Crippen LogP contribution in [0.25, 0.3) is 0 Å². The smallest absolute Gasteiger partial charge is 0.313 e. The molecule has 1 aromatic rings. The molecule has 6 nitrogen and oxygen atoms in total. The molecule has 1 aromatic carbocycles. The monoisotopic (exact) mass is 374 g/mol. The van der Waals surface area contributed by atoms with Gasteiger partial charge in [0.2, 0.25) is 0 Å². The van der Waals surface area contributed by atoms with Gasteiger partial charge in [0.15, 0.2) is 0 Å². The zero-order chi connectivity index (χ0) is 20.2. The Labute approximate surface area is 161 Å². The Hall–Kier alpha value is -2.37. The van der Waals surface area contributed by atoms with Gasteiger partial charge in [0, 0.05) is 18.8 Å². The summed E-state index contributed by atoms with van der Waals surface area (Å²) in [7, 11) is 0. The summed E-state index contributed by atoms with van der Waals surface area (Å²) in [6.45, 7) is 10.9. The molecule has 2 amide bonds. The number of rotatable bonds is 3. The van der Waals surface area contributed by atoms with E-state index in [-0.39, 0.29) is 11.4 Å². The van der Waals surface area contributed by atoms with Crippen LogP contribution >= 0.6 is 0 Å². The normalized spacial score (nSPS) is 16.6. The maximum Gasteiger partial charge on any atom is 0.313 e. The molecule has 148 valence electrons. The van der Waals surface area contributed by atoms with E-state index in [1.807, 2.05) is 25.1 Å². The third-order valence-electron chi connectivity index (χ3n) is 5.10. The Morgan fingerprint density at radius 1 is 1.15 bits per heavy atom. The van der Waals surface area contributed by atoms with Gasteiger partial charge in [-0.3, -0.25) is 14.4 Å². The number of carbonyl (C=O) groups is 3. The molecule has 2 rings (SSSR count). The van der Waals surface area contributed by atoms with Crippen molar-refractivity contribution < 1.29 is 19.1 Å². The maximum atomic E-state index is 12.6. The van der Waals surface area contributed by atoms with Crippen molar-refractivity contribution in [2.24, 2.45) is 5.41 Å². The quantitative estimate of drug-likeness (QED) is 0.651. The lowest BCUT2D eigenvalue weighted by Crippen LogP contribution is -2.48. The van der Waals surface area contributed by atoms with Gasteiger partial charge in [-0.1, -0.05) is 39.0 Å². The van der Waals surface area contributed by atoms with Gasteiger partial charge < -0.3 is 15.0 Å². The number of benzene rings is 1. The summed E-state index contributed by atoms with van der Waals surface area (Å²) in [5, 5.41) is 2.76. The molecule has 1 N–H and O–H groups in total. The lowest BCUT2D eigenvalue weighted by atomic mass is 9.80. The topological polar surface area (TPSA) is 75.7 Å². The number of nitrogens with one attached hydrogen (secondary N) is 1. The van der Waals surface area contributed by atoms with Crippen molar-refractivity contribution in [2.75, 3.05) is 25.0 Å². The Balaban J connectivity index is 2.02. The molecular weight excluding hydrogens is 344 g/mol. The number of likely N-dealkylation sites (tertiary alicyclic amines) is 1. The standard InChI is InChI=1S/C21H30N2O4/c1-6-27-19(26)21(5)11-13-23(14-12-21)18(25)17(24)22-16-10-8-7-9-15(16)20(2,3)4/h7-10H,6,11-14H2,1-5H3,(H,22,24). The molecule has 6 heteroatoms. The highest BCUT2D eigenvalue weighted by atomic mass is 16.5. The lowest BCUT2D eigenvalue weighted by Gasteiger charge is -2.37. The van der Waals surface area contributed by atoms with E-state index < -0.39 is 17.2 Å². The number of piperidine rings is 1. The molecular formula is C21H30N2O4. The Morgan fingerprint density at radius 2 is 1.74 bits per heavy atom. The van der Waals surface area contributed by atoms with Gasteiger partial charge in [-0.25, -0.2) is 0 Å². The fourth-order valence-electron chi connectivity index (χ4n) is 3.28. The van der Waals surface area contributed by atoms with Gasteiger partial charge in [-0.05, 0) is 43.7 Å². The molecule has 0 spiro atoms. The van der Waals surface area contributed by atoms with E-state index in [0.29, 0.717) is 38.2 Å². The second kappa shape index (κ2) is 8.11. The van der Waals surface area contributed by atoms with E-state index in [0.717, 1.165) is 5.56 Å². The molecule has 0 aromatic heterocycles. The first kappa shape index (κ1) is 20.9. The zero-order valence-corrected chi connectivity index (χ0v) is 16.9. The van der Waals surface area contributed by atoms with Crippen molar-refractivity contribution in [3.8, 4) is 0 Å². The second-order valence-electron chi connectivity index (χ2n) is 8.32. The number of para-hydroxylation sites is 1. The van der Waals surface area contributed by atoms with Crippen molar-refractivity contribution >= 4 is 23.5 Å². The molecule has 1 heterocycles. The van der Waals surface area contributed by atoms with Gasteiger partial charge in [0.05, 0.1) is 12.0 Å². The van der Waals surface area contributed by atoms with Gasteiger partial charge >= 0.3 is 17.8 Å². The summed E-state index contributed by atoms with van der Waals surface area (Å²) >= 11 is 0. The highest BCUT2D eigenvalue weighted by molar-refractivity contribution is 6.39. The highest BCUT2D eigenvalue weighted by Gasteiger charge is 2.40. The second-order valence-corrected chi connectivity index (χ2v) is 8.32. The number of amides is 2. The molecule has 0 atom stereocenters. The van der Waals surface area contributed by atoms with Crippen LogP contribution in [-0.2, 0) is 24.5 Å². The predicted octanol–water partition coefficient (Wildman–Crippen LogP) is 3.11. The van der Waals surface area contributed by atoms with E-state index in [2.05, 4.69) is 26.1 Å². The Bertz CT molecular complexity index is 713. The van der Waals surface area contributed by atoms with Crippen molar-refractivity contribution in [3.05, 3.63) is 29.8 Å². The van der Waals surface area contributed by atoms with E-state index in [4.69, 9.17) is 4.74 Å². The fraction of sp³-hybridized carbons (Fsp3) is 0.571. The Morgan fingerprint density at radius 3 is 2.30 bits per heavy atom. The fourth-order valence-corrected chi connectivity index (χ4v) is 3.28. The molecule has 0 unspecified atom stereocenters. The van der Waals surface area contributed by atoms with Crippen LogP contribution in [0.1, 0.15) is 53.0 Å². The third kappa shape index (κ3) is 4.87. The molecule has 0 radical (unpaired) electrons. The van der Waals surface area contributed by atoms with E-state index in [1.165, 1.54) is 4.90 Å². The van der Waals surface area contributed by atoms with Crippen LogP contribution in [0.15, 0.2) is 24.3 Å². The van der Waals surface area contributed by atoms with Crippen LogP contribution in [0.5, 0.6) is 0 Å². The highest BCUT2D eigenvalue weighted by Crippen LogP contribution is 2.33. The SMILES string of the molecule is CCOC(=O)C1(C)CCN(C(=O)C(=O)Nc2ccccc2C(C)(C)C)CC1. The average molecular weight is 374 g/mol. The first-order valence-electron chi connectivity index (χ1n) is 9.45. The first-order valence-corrected chi connectivity index (χ1v) is 9.45. The van der Waals surface area contributed by atoms with Crippen LogP contribution in [-0.4, -0.2) is 42.4 Å². The van der Waals surface area contributed by atoms with Crippen molar-refractivity contribution in [3.63, 3.8) is 0 Å². The third-order valence-corrected chi connectivity index (χ3v) is 5.10. The molecule has 0 bridgehead atoms. The summed E-state index contributed by atoms with van der Waals surface area (Å²) in [5.74, 6) is -1.45. The first-order chi connectivity index (χ1) is 12.6. The molecule has 1 saturated heterocycles. The number of hydrogen-bond donors (Lipinski definition) is 1. The minimum atomic E-state index is -0.647. The van der Waals surface area contributed by atoms with Crippen molar-refractivity contribution in [1.29, 1.82) is 0 Å². The van der Waals surface area contributed by atoms with Crippen LogP contribution in [0, 0.1) is 5.41 Å². The summed E-state index contributed by atoms with van der Waals surface area (Å²) in [4.78, 5) is 38.7. The van der Waals surface area contributed by atoms with Gasteiger partial charge in [0.25, 0.3) is 0 Å². The lowest BCUT2D eigenvalue weighted by molar-refractivity contribution is -0.159. The van der Waals surface area contributed by atoms with E-state index >= 15 is 0 Å². The van der Waals surface area contributed by atoms with E-state index in [1.54, 1.807) is 13.0 Å². The van der Waals surface area contributed by atoms with Gasteiger partial charge in [-0.15, -0.1) is 0 Å². The molecule has 0 aliphatic carbocycles. The number of carbonyl (C=O) groups excluding carboxylic acids is 3. The minimum absolute atomic E-state index is 0.153. The molecule has 1 aliphatic rings. The molecule has 1 fully saturated rings. The predicted molar refractivity (Wildman–Crippen MR) is 104 cm³/mol. The number of anilines is 1. The summed E-state index contributed by atoms with van der Waals surface area (Å²) in [6, 6.07) is 7.51. The summed E-state index contributed by atoms with van der Waals surface area (Å²) in [5.41, 5.74) is 0.873. The molecule has 27 heavy (non-hydrogen) atoms. The van der Waals surface area contributed by atoms with E-state index in [9.17, 15) is 14.4 Å². The van der Waals surface area contributed by atoms with Crippen LogP contribution in [0.3, 0.4) is 0 Å². The van der Waals surface area contributed by atoms with Crippen LogP contribution < -0.4 is 5.32 Å². The average Bonchev–Trinajstić information content (AvgIpc) is 2.61. The zero-order valence-electron chi connectivity index (χ0n) is 16.9. The molecule has 1 aliphatic heterocycles. The minimum Gasteiger partial charge on any atom is -0.466 e. The van der Waals surface area contributed by atoms with Crippen molar-refractivity contribution in [2.45, 2.75) is 52.9 Å². The summed E-state index contributed by atoms with van der Waals surface area (Å²) < 4.78 is 5.13. The van der Waals surface area contributed by atoms with Gasteiger partial charge in [-0.2, -0.15) is 0 Å². The van der Waals surface area contributed by atoms with Crippen molar-refractivity contribution in [1.82, 2.24) is 4.90 Å². The number of hydrogen-bond acceptors (Lipinski definition) is 4. The van der Waals surface area contributed by atoms with Crippen LogP contribution in [0.4, 0.5) is 5.69 Å². The molecule has 0 saturated carbocycles.